The van der Waals surface area contributed by atoms with E-state index < -0.39 is 24.0 Å². The van der Waals surface area contributed by atoms with Gasteiger partial charge in [-0.3, -0.25) is 0 Å². The maximum Gasteiger partial charge on any atom is 0.207 e. The van der Waals surface area contributed by atoms with Gasteiger partial charge in [-0.15, -0.1) is 0 Å². The predicted molar refractivity (Wildman–Crippen MR) is 73.4 cm³/mol. The Kier molecular flexibility index (Phi) is 4.23. The van der Waals surface area contributed by atoms with Crippen LogP contribution >= 0.6 is 0 Å². The van der Waals surface area contributed by atoms with E-state index in [9.17, 15) is 13.9 Å². The number of hydrogen-bond donors (Lipinski definition) is 2. The van der Waals surface area contributed by atoms with Gasteiger partial charge < -0.3 is 24.4 Å². The molecule has 6 nitrogen and oxygen atoms in total. The molecule has 1 unspecified atom stereocenters. The highest BCUT2D eigenvalue weighted by molar-refractivity contribution is 5.89. The highest BCUT2D eigenvalue weighted by atomic mass is 19.2. The number of ether oxygens (including phenoxy) is 2. The minimum atomic E-state index is -1.14. The van der Waals surface area contributed by atoms with Crippen molar-refractivity contribution in [3.63, 3.8) is 0 Å². The summed E-state index contributed by atoms with van der Waals surface area (Å²) in [6.45, 7) is 2.69. The van der Waals surface area contributed by atoms with Crippen LogP contribution in [0.15, 0.2) is 10.6 Å². The molecule has 120 valence electrons. The molecule has 0 spiro atoms. The molecular weight excluding hydrogens is 298 g/mol. The average Bonchev–Trinajstić information content (AvgIpc) is 3.17. The first-order valence-corrected chi connectivity index (χ1v) is 7.04. The summed E-state index contributed by atoms with van der Waals surface area (Å²) in [6.07, 6.45) is -0.957. The first kappa shape index (κ1) is 15.1. The Morgan fingerprint density at radius 1 is 1.36 bits per heavy atom. The van der Waals surface area contributed by atoms with Gasteiger partial charge in [-0.1, -0.05) is 12.1 Å². The maximum atomic E-state index is 14.1. The Balaban J connectivity index is 1.98. The monoisotopic (exact) mass is 314 g/mol. The minimum Gasteiger partial charge on any atom is -0.391 e. The Morgan fingerprint density at radius 2 is 2.09 bits per heavy atom. The molecule has 0 aliphatic carbocycles. The van der Waals surface area contributed by atoms with Crippen molar-refractivity contribution >= 4 is 16.8 Å². The molecule has 1 aliphatic rings. The summed E-state index contributed by atoms with van der Waals surface area (Å²) in [4.78, 5) is 0. The minimum absolute atomic E-state index is 0.0372. The van der Waals surface area contributed by atoms with Crippen molar-refractivity contribution in [2.24, 2.45) is 0 Å². The summed E-state index contributed by atoms with van der Waals surface area (Å²) in [5.74, 6) is -1.97. The zero-order chi connectivity index (χ0) is 15.7. The number of nitrogens with zero attached hydrogens (tertiary/aromatic N) is 1. The van der Waals surface area contributed by atoms with Crippen LogP contribution in [0.2, 0.25) is 0 Å². The van der Waals surface area contributed by atoms with Crippen LogP contribution in [0, 0.1) is 11.6 Å². The first-order valence-electron chi connectivity index (χ1n) is 7.04. The van der Waals surface area contributed by atoms with Crippen LogP contribution in [0.4, 0.5) is 14.6 Å². The molecule has 8 heteroatoms. The van der Waals surface area contributed by atoms with Crippen molar-refractivity contribution < 1.29 is 27.9 Å². The Hall–Kier alpha value is -1.77. The number of halogens is 2. The summed E-state index contributed by atoms with van der Waals surface area (Å²) in [6, 6.07) is 1.39. The molecule has 0 radical (unpaired) electrons. The number of aromatic nitrogens is 1. The number of aliphatic hydroxyl groups is 1. The van der Waals surface area contributed by atoms with E-state index in [0.29, 0.717) is 19.6 Å². The van der Waals surface area contributed by atoms with Crippen LogP contribution in [-0.4, -0.2) is 36.1 Å². The Bertz CT molecular complexity index is 670. The third kappa shape index (κ3) is 2.65. The SMILES string of the molecule is CCC(O)CNc1noc2c(F)c(F)c(C3OCCO3)cc12. The smallest absolute Gasteiger partial charge is 0.207 e. The van der Waals surface area contributed by atoms with Gasteiger partial charge in [0.1, 0.15) is 0 Å². The van der Waals surface area contributed by atoms with Crippen molar-refractivity contribution in [1.29, 1.82) is 0 Å². The second-order valence-electron chi connectivity index (χ2n) is 5.02. The molecule has 2 heterocycles. The number of anilines is 1. The molecule has 1 atom stereocenters. The molecule has 1 aromatic heterocycles. The standard InChI is InChI=1S/C14H16F2N2O4/c1-2-7(19)6-17-13-9-5-8(14-20-3-4-21-14)10(15)11(16)12(9)22-18-13/h5,7,14,19H,2-4,6H2,1H3,(H,17,18). The number of aliphatic hydroxyl groups excluding tert-OH is 1. The van der Waals surface area contributed by atoms with Crippen LogP contribution < -0.4 is 5.32 Å². The highest BCUT2D eigenvalue weighted by Crippen LogP contribution is 2.34. The molecule has 22 heavy (non-hydrogen) atoms. The van der Waals surface area contributed by atoms with Gasteiger partial charge >= 0.3 is 0 Å². The third-order valence-electron chi connectivity index (χ3n) is 3.53. The van der Waals surface area contributed by atoms with Gasteiger partial charge in [-0.25, -0.2) is 4.39 Å². The molecule has 2 aromatic rings. The van der Waals surface area contributed by atoms with Gasteiger partial charge in [0.05, 0.1) is 24.7 Å². The fourth-order valence-corrected chi connectivity index (χ4v) is 2.23. The zero-order valence-electron chi connectivity index (χ0n) is 11.9. The quantitative estimate of drug-likeness (QED) is 0.882. The van der Waals surface area contributed by atoms with Gasteiger partial charge in [0.2, 0.25) is 11.4 Å². The van der Waals surface area contributed by atoms with Crippen LogP contribution in [0.1, 0.15) is 25.2 Å². The molecule has 0 saturated carbocycles. The second kappa shape index (κ2) is 6.15. The van der Waals surface area contributed by atoms with E-state index in [4.69, 9.17) is 14.0 Å². The van der Waals surface area contributed by atoms with Gasteiger partial charge in [0.15, 0.2) is 17.9 Å². The van der Waals surface area contributed by atoms with E-state index in [1.165, 1.54) is 6.07 Å². The summed E-state index contributed by atoms with van der Waals surface area (Å²) < 4.78 is 43.5. The van der Waals surface area contributed by atoms with Gasteiger partial charge in [-0.2, -0.15) is 4.39 Å². The number of rotatable bonds is 5. The van der Waals surface area contributed by atoms with Crippen LogP contribution in [0.3, 0.4) is 0 Å². The largest absolute Gasteiger partial charge is 0.391 e. The average molecular weight is 314 g/mol. The predicted octanol–water partition coefficient (Wildman–Crippen LogP) is 2.33. The zero-order valence-corrected chi connectivity index (χ0v) is 11.9. The Labute approximate surface area is 125 Å². The number of benzene rings is 1. The summed E-state index contributed by atoms with van der Waals surface area (Å²) in [7, 11) is 0. The second-order valence-corrected chi connectivity index (χ2v) is 5.02. The van der Waals surface area contributed by atoms with Crippen LogP contribution in [-0.2, 0) is 9.47 Å². The molecule has 1 saturated heterocycles. The molecule has 0 amide bonds. The lowest BCUT2D eigenvalue weighted by Gasteiger charge is -2.11. The van der Waals surface area contributed by atoms with Gasteiger partial charge in [0.25, 0.3) is 0 Å². The topological polar surface area (TPSA) is 76.8 Å². The molecule has 0 bridgehead atoms. The molecule has 1 fully saturated rings. The fourth-order valence-electron chi connectivity index (χ4n) is 2.23. The van der Waals surface area contributed by atoms with Crippen molar-refractivity contribution in [2.75, 3.05) is 25.1 Å². The molecule has 3 rings (SSSR count). The van der Waals surface area contributed by atoms with Crippen molar-refractivity contribution in [2.45, 2.75) is 25.7 Å². The maximum absolute atomic E-state index is 14.1. The first-order chi connectivity index (χ1) is 10.6. The molecule has 1 aromatic carbocycles. The third-order valence-corrected chi connectivity index (χ3v) is 3.53. The van der Waals surface area contributed by atoms with E-state index in [1.807, 2.05) is 6.92 Å². The van der Waals surface area contributed by atoms with E-state index in [0.717, 1.165) is 0 Å². The van der Waals surface area contributed by atoms with Crippen LogP contribution in [0.5, 0.6) is 0 Å². The number of nitrogens with one attached hydrogen (secondary N) is 1. The molecule has 1 aliphatic heterocycles. The lowest BCUT2D eigenvalue weighted by molar-refractivity contribution is -0.0467. The molecule has 2 N–H and O–H groups in total. The summed E-state index contributed by atoms with van der Waals surface area (Å²) >= 11 is 0. The van der Waals surface area contributed by atoms with Gasteiger partial charge in [-0.05, 0) is 12.5 Å². The van der Waals surface area contributed by atoms with E-state index in [2.05, 4.69) is 10.5 Å². The number of fused-ring (bicyclic) bond motifs is 1. The van der Waals surface area contributed by atoms with E-state index >= 15 is 0 Å². The normalized spacial score (nSPS) is 17.3. The fraction of sp³-hybridized carbons (Fsp3) is 0.500. The van der Waals surface area contributed by atoms with E-state index in [-0.39, 0.29) is 28.9 Å². The molecular formula is C14H16F2N2O4. The van der Waals surface area contributed by atoms with Crippen LogP contribution in [0.25, 0.3) is 11.0 Å². The van der Waals surface area contributed by atoms with Crippen molar-refractivity contribution in [3.05, 3.63) is 23.3 Å². The van der Waals surface area contributed by atoms with Crippen molar-refractivity contribution in [1.82, 2.24) is 5.16 Å². The highest BCUT2D eigenvalue weighted by Gasteiger charge is 2.28. The summed E-state index contributed by atoms with van der Waals surface area (Å²) in [5, 5.41) is 16.4. The Morgan fingerprint density at radius 3 is 2.77 bits per heavy atom. The lowest BCUT2D eigenvalue weighted by atomic mass is 10.1. The number of hydrogen-bond acceptors (Lipinski definition) is 6. The van der Waals surface area contributed by atoms with Crippen molar-refractivity contribution in [3.8, 4) is 0 Å². The van der Waals surface area contributed by atoms with E-state index in [1.54, 1.807) is 0 Å². The summed E-state index contributed by atoms with van der Waals surface area (Å²) in [5.41, 5.74) is -0.322. The lowest BCUT2D eigenvalue weighted by Crippen LogP contribution is -2.18. The van der Waals surface area contributed by atoms with Gasteiger partial charge in [0, 0.05) is 12.1 Å².